The van der Waals surface area contributed by atoms with Crippen LogP contribution in [0.15, 0.2) is 23.0 Å². The number of ether oxygens (including phenoxy) is 1. The SMILES string of the molecule is COc1ccc(NC(=O)C(=O)O)c2c(=O)cc(C(=O)O)[nH]c12. The molecular weight excluding hydrogens is 296 g/mol. The van der Waals surface area contributed by atoms with Crippen molar-refractivity contribution in [2.24, 2.45) is 0 Å². The second kappa shape index (κ2) is 5.56. The van der Waals surface area contributed by atoms with Gasteiger partial charge in [-0.1, -0.05) is 0 Å². The summed E-state index contributed by atoms with van der Waals surface area (Å²) >= 11 is 0. The highest BCUT2D eigenvalue weighted by atomic mass is 16.5. The lowest BCUT2D eigenvalue weighted by atomic mass is 10.1. The third-order valence-electron chi connectivity index (χ3n) is 2.84. The van der Waals surface area contributed by atoms with Gasteiger partial charge in [0.05, 0.1) is 23.7 Å². The van der Waals surface area contributed by atoms with Gasteiger partial charge >= 0.3 is 17.8 Å². The number of amides is 1. The van der Waals surface area contributed by atoms with Crippen LogP contribution in [0.5, 0.6) is 5.75 Å². The number of aliphatic carboxylic acids is 1. The maximum atomic E-state index is 12.1. The van der Waals surface area contributed by atoms with E-state index in [1.165, 1.54) is 19.2 Å². The van der Waals surface area contributed by atoms with E-state index in [1.54, 1.807) is 0 Å². The number of hydrogen-bond donors (Lipinski definition) is 4. The van der Waals surface area contributed by atoms with Crippen molar-refractivity contribution in [1.82, 2.24) is 4.98 Å². The zero-order valence-corrected chi connectivity index (χ0v) is 11.2. The highest BCUT2D eigenvalue weighted by Gasteiger charge is 2.18. The minimum absolute atomic E-state index is 0.0376. The first kappa shape index (κ1) is 15.0. The van der Waals surface area contributed by atoms with Gasteiger partial charge in [0.15, 0.2) is 5.43 Å². The summed E-state index contributed by atoms with van der Waals surface area (Å²) in [6, 6.07) is 3.49. The number of carboxylic acids is 2. The van der Waals surface area contributed by atoms with Crippen LogP contribution in [0.3, 0.4) is 0 Å². The molecule has 1 amide bonds. The molecule has 0 saturated heterocycles. The number of aromatic amines is 1. The third kappa shape index (κ3) is 2.59. The van der Waals surface area contributed by atoms with Crippen LogP contribution in [-0.4, -0.2) is 40.2 Å². The second-order valence-corrected chi connectivity index (χ2v) is 4.18. The van der Waals surface area contributed by atoms with Crippen molar-refractivity contribution in [3.05, 3.63) is 34.1 Å². The smallest absolute Gasteiger partial charge is 0.394 e. The molecular formula is C13H10N2O7. The van der Waals surface area contributed by atoms with Gasteiger partial charge in [0.1, 0.15) is 11.4 Å². The number of pyridine rings is 1. The predicted octanol–water partition coefficient (Wildman–Crippen LogP) is 0.258. The summed E-state index contributed by atoms with van der Waals surface area (Å²) in [7, 11) is 1.32. The highest BCUT2D eigenvalue weighted by molar-refractivity contribution is 6.37. The molecule has 22 heavy (non-hydrogen) atoms. The summed E-state index contributed by atoms with van der Waals surface area (Å²) < 4.78 is 5.03. The van der Waals surface area contributed by atoms with E-state index < -0.39 is 23.3 Å². The van der Waals surface area contributed by atoms with Gasteiger partial charge < -0.3 is 25.3 Å². The average Bonchev–Trinajstić information content (AvgIpc) is 2.46. The van der Waals surface area contributed by atoms with Gasteiger partial charge in [-0.15, -0.1) is 0 Å². The van der Waals surface area contributed by atoms with E-state index in [-0.39, 0.29) is 28.0 Å². The number of carbonyl (C=O) groups excluding carboxylic acids is 1. The van der Waals surface area contributed by atoms with Crippen LogP contribution >= 0.6 is 0 Å². The molecule has 0 radical (unpaired) electrons. The molecule has 0 unspecified atom stereocenters. The maximum Gasteiger partial charge on any atom is 0.394 e. The molecule has 0 spiro atoms. The van der Waals surface area contributed by atoms with Crippen molar-refractivity contribution in [2.75, 3.05) is 12.4 Å². The summed E-state index contributed by atoms with van der Waals surface area (Å²) in [6.45, 7) is 0. The van der Waals surface area contributed by atoms with Gasteiger partial charge in [-0.05, 0) is 12.1 Å². The standard InChI is InChI=1S/C13H10N2O7/c1-22-8-3-2-5(15-11(17)13(20)21)9-7(16)4-6(12(18)19)14-10(8)9/h2-4H,1H3,(H,14,16)(H,15,17)(H,18,19)(H,20,21). The summed E-state index contributed by atoms with van der Waals surface area (Å²) in [5.74, 6) is -4.22. The molecule has 1 heterocycles. The Morgan fingerprint density at radius 2 is 1.91 bits per heavy atom. The fourth-order valence-corrected chi connectivity index (χ4v) is 1.90. The van der Waals surface area contributed by atoms with Crippen LogP contribution in [0.4, 0.5) is 5.69 Å². The van der Waals surface area contributed by atoms with E-state index in [9.17, 15) is 19.2 Å². The molecule has 0 bridgehead atoms. The number of carbonyl (C=O) groups is 3. The Bertz CT molecular complexity index is 853. The average molecular weight is 306 g/mol. The lowest BCUT2D eigenvalue weighted by Gasteiger charge is -2.11. The van der Waals surface area contributed by atoms with Crippen LogP contribution in [0.2, 0.25) is 0 Å². The number of methoxy groups -OCH3 is 1. The van der Waals surface area contributed by atoms with Crippen LogP contribution in [0, 0.1) is 0 Å². The number of nitrogens with one attached hydrogen (secondary N) is 2. The van der Waals surface area contributed by atoms with Gasteiger partial charge in [0.2, 0.25) is 0 Å². The first-order chi connectivity index (χ1) is 10.3. The highest BCUT2D eigenvalue weighted by Crippen LogP contribution is 2.28. The first-order valence-electron chi connectivity index (χ1n) is 5.86. The Balaban J connectivity index is 2.76. The van der Waals surface area contributed by atoms with Crippen LogP contribution < -0.4 is 15.5 Å². The van der Waals surface area contributed by atoms with E-state index in [2.05, 4.69) is 10.3 Å². The number of carboxylic acid groups (broad SMARTS) is 2. The van der Waals surface area contributed by atoms with E-state index in [0.717, 1.165) is 6.07 Å². The van der Waals surface area contributed by atoms with Gasteiger partial charge in [-0.25, -0.2) is 9.59 Å². The summed E-state index contributed by atoms with van der Waals surface area (Å²) in [4.78, 5) is 47.4. The Kier molecular flexibility index (Phi) is 3.80. The maximum absolute atomic E-state index is 12.1. The molecule has 0 atom stereocenters. The number of anilines is 1. The van der Waals surface area contributed by atoms with Gasteiger partial charge in [0.25, 0.3) is 0 Å². The predicted molar refractivity (Wildman–Crippen MR) is 74.3 cm³/mol. The second-order valence-electron chi connectivity index (χ2n) is 4.18. The van der Waals surface area contributed by atoms with Crippen molar-refractivity contribution in [3.8, 4) is 5.75 Å². The van der Waals surface area contributed by atoms with Gasteiger partial charge in [-0.2, -0.15) is 0 Å². The van der Waals surface area contributed by atoms with Crippen molar-refractivity contribution in [1.29, 1.82) is 0 Å². The zero-order valence-electron chi connectivity index (χ0n) is 11.2. The lowest BCUT2D eigenvalue weighted by Crippen LogP contribution is -2.23. The molecule has 1 aromatic carbocycles. The Hall–Kier alpha value is -3.36. The number of hydrogen-bond acceptors (Lipinski definition) is 5. The minimum Gasteiger partial charge on any atom is -0.495 e. The van der Waals surface area contributed by atoms with Crippen LogP contribution in [-0.2, 0) is 9.59 Å². The Morgan fingerprint density at radius 1 is 1.23 bits per heavy atom. The molecule has 9 nitrogen and oxygen atoms in total. The van der Waals surface area contributed by atoms with Crippen LogP contribution in [0.1, 0.15) is 10.5 Å². The monoisotopic (exact) mass is 306 g/mol. The number of benzene rings is 1. The van der Waals surface area contributed by atoms with Crippen molar-refractivity contribution < 1.29 is 29.3 Å². The van der Waals surface area contributed by atoms with Crippen LogP contribution in [0.25, 0.3) is 10.9 Å². The van der Waals surface area contributed by atoms with Crippen molar-refractivity contribution in [3.63, 3.8) is 0 Å². The summed E-state index contributed by atoms with van der Waals surface area (Å²) in [5.41, 5.74) is -1.10. The largest absolute Gasteiger partial charge is 0.495 e. The summed E-state index contributed by atoms with van der Waals surface area (Å²) in [5, 5.41) is 19.5. The number of aromatic nitrogens is 1. The first-order valence-corrected chi connectivity index (χ1v) is 5.86. The zero-order chi connectivity index (χ0) is 16.4. The molecule has 2 aromatic rings. The summed E-state index contributed by atoms with van der Waals surface area (Å²) in [6.07, 6.45) is 0. The fourth-order valence-electron chi connectivity index (χ4n) is 1.90. The van der Waals surface area contributed by atoms with E-state index >= 15 is 0 Å². The number of fused-ring (bicyclic) bond motifs is 1. The Morgan fingerprint density at radius 3 is 2.45 bits per heavy atom. The number of aromatic carboxylic acids is 1. The van der Waals surface area contributed by atoms with Crippen molar-refractivity contribution >= 4 is 34.4 Å². The molecule has 0 fully saturated rings. The lowest BCUT2D eigenvalue weighted by molar-refractivity contribution is -0.147. The number of H-pyrrole nitrogens is 1. The molecule has 0 aliphatic carbocycles. The molecule has 2 rings (SSSR count). The molecule has 1 aromatic heterocycles. The quantitative estimate of drug-likeness (QED) is 0.595. The fraction of sp³-hybridized carbons (Fsp3) is 0.0769. The third-order valence-corrected chi connectivity index (χ3v) is 2.84. The number of rotatable bonds is 3. The topological polar surface area (TPSA) is 146 Å². The molecule has 0 saturated carbocycles. The van der Waals surface area contributed by atoms with Crippen molar-refractivity contribution in [2.45, 2.75) is 0 Å². The Labute approximate surface area is 122 Å². The molecule has 9 heteroatoms. The normalized spacial score (nSPS) is 10.2. The van der Waals surface area contributed by atoms with E-state index in [1.807, 2.05) is 0 Å². The molecule has 4 N–H and O–H groups in total. The minimum atomic E-state index is -1.72. The molecule has 0 aliphatic rings. The molecule has 0 aliphatic heterocycles. The van der Waals surface area contributed by atoms with E-state index in [0.29, 0.717) is 0 Å². The molecule has 114 valence electrons. The van der Waals surface area contributed by atoms with Gasteiger partial charge in [-0.3, -0.25) is 9.59 Å². The van der Waals surface area contributed by atoms with E-state index in [4.69, 9.17) is 14.9 Å². The van der Waals surface area contributed by atoms with Gasteiger partial charge in [0, 0.05) is 6.07 Å².